The molecule has 2 aromatic carbocycles. The fourth-order valence-corrected chi connectivity index (χ4v) is 3.97. The lowest BCUT2D eigenvalue weighted by Gasteiger charge is -2.32. The monoisotopic (exact) mass is 478 g/mol. The van der Waals surface area contributed by atoms with Crippen LogP contribution in [0, 0.1) is 5.82 Å². The van der Waals surface area contributed by atoms with Crippen LogP contribution in [0.1, 0.15) is 12.8 Å². The van der Waals surface area contributed by atoms with E-state index in [1.807, 2.05) is 0 Å². The van der Waals surface area contributed by atoms with Crippen molar-refractivity contribution < 1.29 is 18.7 Å². The number of likely N-dealkylation sites (tertiary alicyclic amines) is 1. The Kier molecular flexibility index (Phi) is 6.81. The molecule has 0 aliphatic carbocycles. The molecule has 3 aromatic rings. The summed E-state index contributed by atoms with van der Waals surface area (Å²) in [5.74, 6) is 0.791. The zero-order valence-corrected chi connectivity index (χ0v) is 18.8. The molecule has 2 heterocycles. The number of nitrogens with zero attached hydrogens (tertiary/aromatic N) is 3. The van der Waals surface area contributed by atoms with E-state index in [4.69, 9.17) is 32.7 Å². The van der Waals surface area contributed by atoms with Crippen LogP contribution in [0.15, 0.2) is 36.7 Å². The highest BCUT2D eigenvalue weighted by atomic mass is 35.5. The first-order valence-electron chi connectivity index (χ1n) is 10.0. The third kappa shape index (κ3) is 4.66. The molecule has 7 nitrogen and oxygen atoms in total. The van der Waals surface area contributed by atoms with Crippen molar-refractivity contribution >= 4 is 51.5 Å². The molecule has 0 saturated carbocycles. The van der Waals surface area contributed by atoms with Gasteiger partial charge in [-0.2, -0.15) is 0 Å². The van der Waals surface area contributed by atoms with Crippen molar-refractivity contribution in [3.63, 3.8) is 0 Å². The summed E-state index contributed by atoms with van der Waals surface area (Å²) in [7, 11) is 1.55. The summed E-state index contributed by atoms with van der Waals surface area (Å²) in [6.45, 7) is 1.16. The number of hydrogen-bond acceptors (Lipinski definition) is 6. The predicted molar refractivity (Wildman–Crippen MR) is 122 cm³/mol. The number of anilines is 2. The molecule has 4 rings (SSSR count). The van der Waals surface area contributed by atoms with Crippen LogP contribution in [0.2, 0.25) is 5.02 Å². The average molecular weight is 479 g/mol. The smallest absolute Gasteiger partial charge is 0.237 e. The van der Waals surface area contributed by atoms with E-state index in [2.05, 4.69) is 15.3 Å². The van der Waals surface area contributed by atoms with E-state index in [0.717, 1.165) is 0 Å². The third-order valence-electron chi connectivity index (χ3n) is 5.33. The zero-order valence-electron chi connectivity index (χ0n) is 17.3. The highest BCUT2D eigenvalue weighted by Gasteiger charge is 2.24. The minimum atomic E-state index is -0.566. The summed E-state index contributed by atoms with van der Waals surface area (Å²) < 4.78 is 26.1. The first-order valence-corrected chi connectivity index (χ1v) is 11.0. The van der Waals surface area contributed by atoms with Crippen molar-refractivity contribution in [2.75, 3.05) is 31.4 Å². The number of nitrogens with one attached hydrogen (secondary N) is 1. The van der Waals surface area contributed by atoms with Gasteiger partial charge in [0.25, 0.3) is 0 Å². The van der Waals surface area contributed by atoms with Gasteiger partial charge in [-0.25, -0.2) is 14.4 Å². The Labute approximate surface area is 194 Å². The van der Waals surface area contributed by atoms with E-state index in [1.54, 1.807) is 36.3 Å². The van der Waals surface area contributed by atoms with E-state index in [9.17, 15) is 9.18 Å². The van der Waals surface area contributed by atoms with Crippen LogP contribution in [-0.4, -0.2) is 53.0 Å². The second-order valence-electron chi connectivity index (χ2n) is 7.30. The van der Waals surface area contributed by atoms with Gasteiger partial charge in [0.15, 0.2) is 17.3 Å². The number of ether oxygens (including phenoxy) is 2. The fourth-order valence-electron chi connectivity index (χ4n) is 3.63. The van der Waals surface area contributed by atoms with Gasteiger partial charge >= 0.3 is 0 Å². The maximum atomic E-state index is 14.4. The molecule has 1 fully saturated rings. The summed E-state index contributed by atoms with van der Waals surface area (Å²) in [6, 6.07) is 8.22. The number of aromatic nitrogens is 2. The topological polar surface area (TPSA) is 76.6 Å². The number of halogens is 3. The first kappa shape index (κ1) is 22.4. The predicted octanol–water partition coefficient (Wildman–Crippen LogP) is 4.78. The van der Waals surface area contributed by atoms with Gasteiger partial charge in [0.05, 0.1) is 23.3 Å². The standard InChI is InChI=1S/C22H21Cl2FN4O3/c1-31-18-10-17-14(9-19(18)32-13-5-7-29(8-6-13)20(30)11-23)22(27-12-26-17)28-16-4-2-3-15(24)21(16)25/h2-4,9-10,12-13H,5-8,11H2,1H3,(H,26,27,28). The summed E-state index contributed by atoms with van der Waals surface area (Å²) in [5.41, 5.74) is 0.809. The van der Waals surface area contributed by atoms with Crippen molar-refractivity contribution in [1.82, 2.24) is 14.9 Å². The molecule has 1 aromatic heterocycles. The SMILES string of the molecule is COc1cc2ncnc(Nc3cccc(Cl)c3F)c2cc1OC1CCN(C(=O)CCl)CC1. The van der Waals surface area contributed by atoms with E-state index < -0.39 is 5.82 Å². The molecule has 0 unspecified atom stereocenters. The number of fused-ring (bicyclic) bond motifs is 1. The summed E-state index contributed by atoms with van der Waals surface area (Å²) in [6.07, 6.45) is 2.64. The number of methoxy groups -OCH3 is 1. The van der Waals surface area contributed by atoms with Crippen LogP contribution >= 0.6 is 23.2 Å². The van der Waals surface area contributed by atoms with E-state index in [-0.39, 0.29) is 28.6 Å². The van der Waals surface area contributed by atoms with Crippen molar-refractivity contribution in [2.45, 2.75) is 18.9 Å². The Morgan fingerprint density at radius 1 is 1.25 bits per heavy atom. The quantitative estimate of drug-likeness (QED) is 0.513. The van der Waals surface area contributed by atoms with Crippen molar-refractivity contribution in [3.05, 3.63) is 47.5 Å². The fraction of sp³-hybridized carbons (Fsp3) is 0.318. The zero-order chi connectivity index (χ0) is 22.7. The molecule has 1 saturated heterocycles. The summed E-state index contributed by atoms with van der Waals surface area (Å²) in [5, 5.41) is 3.63. The van der Waals surface area contributed by atoms with Gasteiger partial charge in [-0.1, -0.05) is 17.7 Å². The molecule has 0 radical (unpaired) electrons. The van der Waals surface area contributed by atoms with E-state index in [1.165, 1.54) is 12.4 Å². The van der Waals surface area contributed by atoms with E-state index >= 15 is 0 Å². The second-order valence-corrected chi connectivity index (χ2v) is 7.97. The van der Waals surface area contributed by atoms with Gasteiger partial charge in [-0.05, 0) is 18.2 Å². The number of benzene rings is 2. The highest BCUT2D eigenvalue weighted by Crippen LogP contribution is 2.36. The lowest BCUT2D eigenvalue weighted by molar-refractivity contribution is -0.130. The largest absolute Gasteiger partial charge is 0.493 e. The average Bonchev–Trinajstić information content (AvgIpc) is 2.82. The molecule has 1 amide bonds. The molecule has 1 aliphatic rings. The molecule has 1 N–H and O–H groups in total. The van der Waals surface area contributed by atoms with Crippen LogP contribution < -0.4 is 14.8 Å². The minimum Gasteiger partial charge on any atom is -0.493 e. The molecule has 1 aliphatic heterocycles. The van der Waals surface area contributed by atoms with Gasteiger partial charge in [0.2, 0.25) is 5.91 Å². The Morgan fingerprint density at radius 2 is 2.03 bits per heavy atom. The number of amides is 1. The molecule has 0 atom stereocenters. The molecule has 0 bridgehead atoms. The Hall–Kier alpha value is -2.84. The Bertz CT molecular complexity index is 1140. The van der Waals surface area contributed by atoms with Gasteiger partial charge < -0.3 is 19.7 Å². The number of rotatable bonds is 6. The molecule has 10 heteroatoms. The number of piperidine rings is 1. The van der Waals surface area contributed by atoms with Gasteiger partial charge in [0.1, 0.15) is 24.1 Å². The van der Waals surface area contributed by atoms with Crippen molar-refractivity contribution in [2.24, 2.45) is 0 Å². The first-order chi connectivity index (χ1) is 15.5. The molecular formula is C22H21Cl2FN4O3. The van der Waals surface area contributed by atoms with E-state index in [0.29, 0.717) is 54.2 Å². The lowest BCUT2D eigenvalue weighted by Crippen LogP contribution is -2.42. The van der Waals surface area contributed by atoms with Crippen LogP contribution in [0.25, 0.3) is 10.9 Å². The highest BCUT2D eigenvalue weighted by molar-refractivity contribution is 6.31. The normalized spacial score (nSPS) is 14.4. The second kappa shape index (κ2) is 9.75. The van der Waals surface area contributed by atoms with Crippen LogP contribution in [-0.2, 0) is 4.79 Å². The van der Waals surface area contributed by atoms with Gasteiger partial charge in [-0.15, -0.1) is 11.6 Å². The maximum absolute atomic E-state index is 14.4. The number of hydrogen-bond donors (Lipinski definition) is 1. The number of carbonyl (C=O) groups excluding carboxylic acids is 1. The molecule has 168 valence electrons. The van der Waals surface area contributed by atoms with Crippen LogP contribution in [0.5, 0.6) is 11.5 Å². The molecular weight excluding hydrogens is 458 g/mol. The maximum Gasteiger partial charge on any atom is 0.237 e. The van der Waals surface area contributed by atoms with Crippen LogP contribution in [0.4, 0.5) is 15.9 Å². The molecule has 0 spiro atoms. The summed E-state index contributed by atoms with van der Waals surface area (Å²) >= 11 is 11.5. The van der Waals surface area contributed by atoms with Crippen LogP contribution in [0.3, 0.4) is 0 Å². The number of carbonyl (C=O) groups is 1. The summed E-state index contributed by atoms with van der Waals surface area (Å²) in [4.78, 5) is 22.1. The third-order valence-corrected chi connectivity index (χ3v) is 5.85. The Balaban J connectivity index is 1.61. The lowest BCUT2D eigenvalue weighted by atomic mass is 10.1. The molecule has 32 heavy (non-hydrogen) atoms. The Morgan fingerprint density at radius 3 is 2.75 bits per heavy atom. The van der Waals surface area contributed by atoms with Crippen molar-refractivity contribution in [3.8, 4) is 11.5 Å². The van der Waals surface area contributed by atoms with Gasteiger partial charge in [-0.3, -0.25) is 4.79 Å². The minimum absolute atomic E-state index is 0.0121. The van der Waals surface area contributed by atoms with Crippen molar-refractivity contribution in [1.29, 1.82) is 0 Å². The number of alkyl halides is 1. The van der Waals surface area contributed by atoms with Gasteiger partial charge in [0, 0.05) is 37.4 Å².